The summed E-state index contributed by atoms with van der Waals surface area (Å²) in [4.78, 5) is 13.0. The van der Waals surface area contributed by atoms with Gasteiger partial charge in [0.1, 0.15) is 28.7 Å². The smallest absolute Gasteiger partial charge is 0.379 e. The van der Waals surface area contributed by atoms with E-state index in [0.29, 0.717) is 34.0 Å². The Morgan fingerprint density at radius 3 is 2.57 bits per heavy atom. The first-order valence-electron chi connectivity index (χ1n) is 11.2. The highest BCUT2D eigenvalue weighted by Crippen LogP contribution is 2.45. The lowest BCUT2D eigenvalue weighted by Gasteiger charge is -2.27. The van der Waals surface area contributed by atoms with Crippen LogP contribution in [-0.4, -0.2) is 20.2 Å². The third-order valence-electron chi connectivity index (χ3n) is 6.23. The second-order valence-corrected chi connectivity index (χ2v) is 9.24. The number of nitriles is 1. The van der Waals surface area contributed by atoms with Gasteiger partial charge in [-0.05, 0) is 48.9 Å². The molecule has 4 aromatic rings. The first kappa shape index (κ1) is 24.3. The Hall–Kier alpha value is -4.42. The monoisotopic (exact) mass is 560 g/mol. The van der Waals surface area contributed by atoms with Gasteiger partial charge in [0.25, 0.3) is 0 Å². The van der Waals surface area contributed by atoms with Crippen LogP contribution in [0.1, 0.15) is 33.2 Å². The molecule has 1 aliphatic rings. The zero-order valence-electron chi connectivity index (χ0n) is 20.1. The van der Waals surface area contributed by atoms with Gasteiger partial charge in [0.15, 0.2) is 11.5 Å². The van der Waals surface area contributed by atoms with Crippen LogP contribution in [0.15, 0.2) is 74.9 Å². The largest absolute Gasteiger partial charge is 0.493 e. The summed E-state index contributed by atoms with van der Waals surface area (Å²) in [5.41, 5.74) is 9.09. The number of carbonyl (C=O) groups excluding carboxylic acids is 1. The molecule has 0 aliphatic carbocycles. The summed E-state index contributed by atoms with van der Waals surface area (Å²) < 4.78 is 28.8. The summed E-state index contributed by atoms with van der Waals surface area (Å²) in [5, 5.41) is 10.7. The van der Waals surface area contributed by atoms with Crippen molar-refractivity contribution in [3.05, 3.63) is 93.0 Å². The van der Waals surface area contributed by atoms with Gasteiger partial charge in [-0.2, -0.15) is 5.26 Å². The van der Waals surface area contributed by atoms with Gasteiger partial charge in [-0.1, -0.05) is 28.1 Å². The van der Waals surface area contributed by atoms with E-state index in [-0.39, 0.29) is 23.0 Å². The lowest BCUT2D eigenvalue weighted by atomic mass is 9.83. The van der Waals surface area contributed by atoms with E-state index in [1.165, 1.54) is 7.11 Å². The second kappa shape index (κ2) is 9.56. The number of esters is 1. The first-order chi connectivity index (χ1) is 17.8. The number of allylic oxidation sites excluding steroid dienone is 1. The third-order valence-corrected chi connectivity index (χ3v) is 6.72. The van der Waals surface area contributed by atoms with Gasteiger partial charge in [0.05, 0.1) is 20.1 Å². The Balaban J connectivity index is 1.50. The predicted octanol–water partition coefficient (Wildman–Crippen LogP) is 5.96. The Morgan fingerprint density at radius 2 is 1.84 bits per heavy atom. The summed E-state index contributed by atoms with van der Waals surface area (Å²) in [7, 11) is 3.09. The van der Waals surface area contributed by atoms with Crippen LogP contribution in [-0.2, 0) is 0 Å². The molecule has 3 aromatic carbocycles. The van der Waals surface area contributed by atoms with Gasteiger partial charge >= 0.3 is 5.97 Å². The number of hydrogen-bond donors (Lipinski definition) is 1. The molecular weight excluding hydrogens is 540 g/mol. The lowest BCUT2D eigenvalue weighted by molar-refractivity contribution is 0.0702. The molecule has 0 saturated heterocycles. The highest BCUT2D eigenvalue weighted by Gasteiger charge is 2.32. The van der Waals surface area contributed by atoms with E-state index in [0.717, 1.165) is 15.4 Å². The van der Waals surface area contributed by atoms with Crippen molar-refractivity contribution in [3.63, 3.8) is 0 Å². The van der Waals surface area contributed by atoms with Crippen LogP contribution >= 0.6 is 15.9 Å². The number of furan rings is 1. The Morgan fingerprint density at radius 1 is 1.05 bits per heavy atom. The van der Waals surface area contributed by atoms with Crippen molar-refractivity contribution in [2.75, 3.05) is 14.2 Å². The SMILES string of the molecule is COc1ccc(C2C(C#N)=C(N)Oc3cc(OC(=O)c4oc5cc(Br)ccc5c4C)ccc32)cc1OC. The average molecular weight is 561 g/mol. The molecule has 0 fully saturated rings. The molecule has 0 radical (unpaired) electrons. The highest BCUT2D eigenvalue weighted by molar-refractivity contribution is 9.10. The number of carbonyl (C=O) groups is 1. The maximum absolute atomic E-state index is 13.0. The average Bonchev–Trinajstić information content (AvgIpc) is 3.22. The molecule has 186 valence electrons. The molecule has 0 bridgehead atoms. The van der Waals surface area contributed by atoms with Crippen molar-refractivity contribution in [2.24, 2.45) is 5.73 Å². The minimum Gasteiger partial charge on any atom is -0.493 e. The predicted molar refractivity (Wildman–Crippen MR) is 139 cm³/mol. The number of benzene rings is 3. The first-order valence-corrected chi connectivity index (χ1v) is 12.0. The van der Waals surface area contributed by atoms with Gasteiger partial charge in [-0.15, -0.1) is 0 Å². The molecule has 0 amide bonds. The lowest BCUT2D eigenvalue weighted by Crippen LogP contribution is -2.21. The summed E-state index contributed by atoms with van der Waals surface area (Å²) in [6, 6.07) is 18.0. The van der Waals surface area contributed by atoms with Crippen LogP contribution in [0.4, 0.5) is 0 Å². The zero-order valence-corrected chi connectivity index (χ0v) is 21.7. The van der Waals surface area contributed by atoms with Gasteiger partial charge in [-0.25, -0.2) is 4.79 Å². The van der Waals surface area contributed by atoms with Gasteiger partial charge < -0.3 is 29.1 Å². The topological polar surface area (TPSA) is 117 Å². The van der Waals surface area contributed by atoms with Crippen molar-refractivity contribution in [3.8, 4) is 29.1 Å². The molecule has 2 heterocycles. The fraction of sp³-hybridized carbons (Fsp3) is 0.143. The normalized spacial score (nSPS) is 14.5. The van der Waals surface area contributed by atoms with Crippen LogP contribution in [0.3, 0.4) is 0 Å². The van der Waals surface area contributed by atoms with Crippen LogP contribution < -0.4 is 24.7 Å². The number of hydrogen-bond acceptors (Lipinski definition) is 8. The number of rotatable bonds is 5. The van der Waals surface area contributed by atoms with E-state index >= 15 is 0 Å². The van der Waals surface area contributed by atoms with E-state index in [4.69, 9.17) is 29.1 Å². The summed E-state index contributed by atoms with van der Waals surface area (Å²) in [5.74, 6) is 0.605. The number of fused-ring (bicyclic) bond motifs is 2. The molecule has 1 aromatic heterocycles. The minimum atomic E-state index is -0.641. The molecule has 8 nitrogen and oxygen atoms in total. The van der Waals surface area contributed by atoms with E-state index in [9.17, 15) is 10.1 Å². The van der Waals surface area contributed by atoms with Gasteiger partial charge in [-0.3, -0.25) is 0 Å². The summed E-state index contributed by atoms with van der Waals surface area (Å²) in [6.45, 7) is 1.80. The molecule has 5 rings (SSSR count). The molecule has 1 atom stereocenters. The van der Waals surface area contributed by atoms with Crippen molar-refractivity contribution >= 4 is 32.9 Å². The van der Waals surface area contributed by atoms with Crippen LogP contribution in [0.2, 0.25) is 0 Å². The number of ether oxygens (including phenoxy) is 4. The molecule has 37 heavy (non-hydrogen) atoms. The fourth-order valence-electron chi connectivity index (χ4n) is 4.42. The van der Waals surface area contributed by atoms with Crippen molar-refractivity contribution in [1.82, 2.24) is 0 Å². The second-order valence-electron chi connectivity index (χ2n) is 8.33. The Bertz CT molecular complexity index is 1630. The number of nitrogens with zero attached hydrogens (tertiary/aromatic N) is 1. The molecule has 2 N–H and O–H groups in total. The molecule has 1 unspecified atom stereocenters. The van der Waals surface area contributed by atoms with Gasteiger partial charge in [0, 0.05) is 27.1 Å². The van der Waals surface area contributed by atoms with Crippen LogP contribution in [0.5, 0.6) is 23.0 Å². The molecular formula is C28H21BrN2O6. The minimum absolute atomic E-state index is 0.0306. The Labute approximate surface area is 220 Å². The van der Waals surface area contributed by atoms with Crippen molar-refractivity contribution in [2.45, 2.75) is 12.8 Å². The van der Waals surface area contributed by atoms with Crippen LogP contribution in [0, 0.1) is 18.3 Å². The molecule has 0 spiro atoms. The zero-order chi connectivity index (χ0) is 26.3. The van der Waals surface area contributed by atoms with Crippen LogP contribution in [0.25, 0.3) is 11.0 Å². The molecule has 1 aliphatic heterocycles. The maximum atomic E-state index is 13.0. The fourth-order valence-corrected chi connectivity index (χ4v) is 4.76. The standard InChI is InChI=1S/C28H21BrN2O6/c1-14-18-7-5-16(29)11-22(18)36-26(14)28(32)35-17-6-8-19-23(12-17)37-27(31)20(13-30)25(19)15-4-9-21(33-2)24(10-15)34-3/h4-12,25H,31H2,1-3H3. The van der Waals surface area contributed by atoms with Crippen molar-refractivity contribution in [1.29, 1.82) is 5.26 Å². The van der Waals surface area contributed by atoms with E-state index in [1.54, 1.807) is 50.4 Å². The summed E-state index contributed by atoms with van der Waals surface area (Å²) >= 11 is 3.41. The molecule has 9 heteroatoms. The maximum Gasteiger partial charge on any atom is 0.379 e. The van der Waals surface area contributed by atoms with E-state index in [1.807, 2.05) is 18.2 Å². The number of aryl methyl sites for hydroxylation is 1. The number of nitrogens with two attached hydrogens (primary N) is 1. The number of halogens is 1. The van der Waals surface area contributed by atoms with E-state index in [2.05, 4.69) is 22.0 Å². The van der Waals surface area contributed by atoms with E-state index < -0.39 is 11.9 Å². The summed E-state index contributed by atoms with van der Waals surface area (Å²) in [6.07, 6.45) is 0. The quantitative estimate of drug-likeness (QED) is 0.235. The third kappa shape index (κ3) is 4.26. The highest BCUT2D eigenvalue weighted by atomic mass is 79.9. The Kier molecular flexibility index (Phi) is 6.27. The van der Waals surface area contributed by atoms with Crippen molar-refractivity contribution < 1.29 is 28.2 Å². The number of methoxy groups -OCH3 is 2. The van der Waals surface area contributed by atoms with Gasteiger partial charge in [0.2, 0.25) is 11.6 Å². The molecule has 0 saturated carbocycles.